The van der Waals surface area contributed by atoms with Crippen molar-refractivity contribution in [2.24, 2.45) is 0 Å². The van der Waals surface area contributed by atoms with E-state index < -0.39 is 0 Å². The van der Waals surface area contributed by atoms with E-state index >= 15 is 0 Å². The van der Waals surface area contributed by atoms with Crippen LogP contribution in [0, 0.1) is 0 Å². The third-order valence-corrected chi connectivity index (χ3v) is 4.91. The lowest BCUT2D eigenvalue weighted by Gasteiger charge is -2.46. The summed E-state index contributed by atoms with van der Waals surface area (Å²) in [4.78, 5) is 5.25. The summed E-state index contributed by atoms with van der Waals surface area (Å²) in [6.07, 6.45) is 8.45. The Labute approximate surface area is 113 Å². The maximum absolute atomic E-state index is 3.60. The Morgan fingerprint density at radius 2 is 1.72 bits per heavy atom. The van der Waals surface area contributed by atoms with Gasteiger partial charge >= 0.3 is 0 Å². The number of hydrogen-bond acceptors (Lipinski definition) is 3. The van der Waals surface area contributed by atoms with Gasteiger partial charge in [0.15, 0.2) is 0 Å². The zero-order chi connectivity index (χ0) is 13.0. The van der Waals surface area contributed by atoms with Crippen LogP contribution in [-0.4, -0.2) is 61.7 Å². The molecule has 106 valence electrons. The van der Waals surface area contributed by atoms with Crippen LogP contribution in [0.2, 0.25) is 0 Å². The van der Waals surface area contributed by atoms with E-state index in [0.717, 1.165) is 6.04 Å². The smallest absolute Gasteiger partial charge is 0.0253 e. The van der Waals surface area contributed by atoms with Crippen molar-refractivity contribution in [3.63, 3.8) is 0 Å². The molecule has 1 heterocycles. The molecule has 2 rings (SSSR count). The fourth-order valence-corrected chi connectivity index (χ4v) is 3.85. The van der Waals surface area contributed by atoms with Crippen molar-refractivity contribution in [3.8, 4) is 0 Å². The van der Waals surface area contributed by atoms with Gasteiger partial charge in [-0.25, -0.2) is 0 Å². The van der Waals surface area contributed by atoms with Crippen LogP contribution in [0.4, 0.5) is 0 Å². The molecule has 3 atom stereocenters. The second-order valence-corrected chi connectivity index (χ2v) is 6.30. The molecule has 0 aromatic carbocycles. The molecule has 3 unspecified atom stereocenters. The van der Waals surface area contributed by atoms with Gasteiger partial charge in [0, 0.05) is 37.8 Å². The summed E-state index contributed by atoms with van der Waals surface area (Å²) in [5, 5.41) is 3.60. The number of hydrogen-bond donors (Lipinski definition) is 1. The van der Waals surface area contributed by atoms with E-state index in [0.29, 0.717) is 12.1 Å². The van der Waals surface area contributed by atoms with Crippen molar-refractivity contribution in [2.75, 3.05) is 33.7 Å². The molecule has 0 aromatic rings. The topological polar surface area (TPSA) is 18.5 Å². The van der Waals surface area contributed by atoms with Crippen molar-refractivity contribution in [3.05, 3.63) is 0 Å². The minimum atomic E-state index is 0.705. The van der Waals surface area contributed by atoms with Crippen molar-refractivity contribution < 1.29 is 0 Å². The highest BCUT2D eigenvalue weighted by atomic mass is 15.3. The molecule has 1 saturated heterocycles. The minimum absolute atomic E-state index is 0.705. The van der Waals surface area contributed by atoms with Crippen molar-refractivity contribution in [1.82, 2.24) is 15.1 Å². The second-order valence-electron chi connectivity index (χ2n) is 6.30. The quantitative estimate of drug-likeness (QED) is 0.811. The molecule has 0 amide bonds. The molecule has 18 heavy (non-hydrogen) atoms. The van der Waals surface area contributed by atoms with Crippen LogP contribution >= 0.6 is 0 Å². The molecular formula is C15H31N3. The average Bonchev–Trinajstić information content (AvgIpc) is 2.31. The Hall–Kier alpha value is -0.120. The first-order valence-corrected chi connectivity index (χ1v) is 7.84. The lowest BCUT2D eigenvalue weighted by molar-refractivity contribution is 0.0371. The Bertz CT molecular complexity index is 244. The van der Waals surface area contributed by atoms with E-state index in [-0.39, 0.29) is 0 Å². The summed E-state index contributed by atoms with van der Waals surface area (Å²) >= 11 is 0. The normalized spacial score (nSPS) is 37.2. The van der Waals surface area contributed by atoms with Gasteiger partial charge in [0.1, 0.15) is 0 Å². The Morgan fingerprint density at radius 1 is 1.00 bits per heavy atom. The van der Waals surface area contributed by atoms with E-state index in [4.69, 9.17) is 0 Å². The van der Waals surface area contributed by atoms with Gasteiger partial charge in [0.2, 0.25) is 0 Å². The fourth-order valence-electron chi connectivity index (χ4n) is 3.85. The number of piperazine rings is 1. The minimum Gasteiger partial charge on any atom is -0.315 e. The molecule has 2 fully saturated rings. The average molecular weight is 253 g/mol. The van der Waals surface area contributed by atoms with Gasteiger partial charge in [0.25, 0.3) is 0 Å². The van der Waals surface area contributed by atoms with Crippen LogP contribution in [0.5, 0.6) is 0 Å². The predicted octanol–water partition coefficient (Wildman–Crippen LogP) is 1.93. The molecule has 0 spiro atoms. The highest BCUT2D eigenvalue weighted by molar-refractivity contribution is 4.90. The third-order valence-electron chi connectivity index (χ3n) is 4.91. The van der Waals surface area contributed by atoms with Crippen molar-refractivity contribution in [1.29, 1.82) is 0 Å². The summed E-state index contributed by atoms with van der Waals surface area (Å²) in [5.74, 6) is 0. The third kappa shape index (κ3) is 3.46. The van der Waals surface area contributed by atoms with Gasteiger partial charge in [-0.3, -0.25) is 4.90 Å². The summed E-state index contributed by atoms with van der Waals surface area (Å²) in [6, 6.07) is 2.18. The maximum atomic E-state index is 3.60. The lowest BCUT2D eigenvalue weighted by Crippen LogP contribution is -2.59. The van der Waals surface area contributed by atoms with E-state index in [2.05, 4.69) is 36.1 Å². The van der Waals surface area contributed by atoms with Gasteiger partial charge in [-0.1, -0.05) is 25.7 Å². The van der Waals surface area contributed by atoms with Crippen LogP contribution in [0.3, 0.4) is 0 Å². The lowest BCUT2D eigenvalue weighted by atomic mass is 9.90. The molecule has 3 heteroatoms. The first kappa shape index (κ1) is 14.3. The molecule has 3 nitrogen and oxygen atoms in total. The van der Waals surface area contributed by atoms with Crippen LogP contribution in [0.15, 0.2) is 0 Å². The van der Waals surface area contributed by atoms with Gasteiger partial charge in [-0.15, -0.1) is 0 Å². The Balaban J connectivity index is 2.01. The molecule has 1 saturated carbocycles. The van der Waals surface area contributed by atoms with Crippen LogP contribution in [-0.2, 0) is 0 Å². The molecule has 0 radical (unpaired) electrons. The van der Waals surface area contributed by atoms with E-state index in [1.54, 1.807) is 0 Å². The summed E-state index contributed by atoms with van der Waals surface area (Å²) in [5.41, 5.74) is 0. The highest BCUT2D eigenvalue weighted by Crippen LogP contribution is 2.24. The van der Waals surface area contributed by atoms with Crippen LogP contribution in [0.25, 0.3) is 0 Å². The summed E-state index contributed by atoms with van der Waals surface area (Å²) < 4.78 is 0. The number of nitrogens with zero attached hydrogens (tertiary/aromatic N) is 2. The first-order valence-electron chi connectivity index (χ1n) is 7.84. The van der Waals surface area contributed by atoms with E-state index in [1.165, 1.54) is 58.2 Å². The predicted molar refractivity (Wildman–Crippen MR) is 78.0 cm³/mol. The summed E-state index contributed by atoms with van der Waals surface area (Å²) in [7, 11) is 4.40. The van der Waals surface area contributed by atoms with Gasteiger partial charge in [-0.2, -0.15) is 0 Å². The molecule has 1 aliphatic heterocycles. The second kappa shape index (κ2) is 6.88. The number of likely N-dealkylation sites (N-methyl/N-ethyl adjacent to an activating group) is 2. The van der Waals surface area contributed by atoms with Crippen molar-refractivity contribution >= 4 is 0 Å². The van der Waals surface area contributed by atoms with Crippen molar-refractivity contribution in [2.45, 2.75) is 63.6 Å². The molecule has 0 aromatic heterocycles. The Morgan fingerprint density at radius 3 is 2.39 bits per heavy atom. The van der Waals surface area contributed by atoms with Crippen LogP contribution < -0.4 is 5.32 Å². The molecular weight excluding hydrogens is 222 g/mol. The largest absolute Gasteiger partial charge is 0.315 e. The van der Waals surface area contributed by atoms with Gasteiger partial charge in [-0.05, 0) is 33.9 Å². The maximum Gasteiger partial charge on any atom is 0.0253 e. The Kier molecular flexibility index (Phi) is 5.46. The van der Waals surface area contributed by atoms with Gasteiger partial charge in [0.05, 0.1) is 0 Å². The van der Waals surface area contributed by atoms with E-state index in [9.17, 15) is 0 Å². The molecule has 2 aliphatic rings. The van der Waals surface area contributed by atoms with E-state index in [1.807, 2.05) is 0 Å². The standard InChI is InChI=1S/C15H31N3/c1-13-12-17(3)10-11-18(13)15-9-7-5-4-6-8-14(15)16-2/h13-16H,4-12H2,1-3H3. The summed E-state index contributed by atoms with van der Waals surface area (Å²) in [6.45, 7) is 6.12. The highest BCUT2D eigenvalue weighted by Gasteiger charge is 2.32. The molecule has 1 aliphatic carbocycles. The zero-order valence-corrected chi connectivity index (χ0v) is 12.5. The first-order chi connectivity index (χ1) is 8.72. The van der Waals surface area contributed by atoms with Crippen LogP contribution in [0.1, 0.15) is 45.4 Å². The SMILES string of the molecule is CNC1CCCCCCC1N1CCN(C)CC1C. The number of nitrogens with one attached hydrogen (secondary N) is 1. The van der Waals surface area contributed by atoms with Gasteiger partial charge < -0.3 is 10.2 Å². The molecule has 1 N–H and O–H groups in total. The molecule has 0 bridgehead atoms. The fraction of sp³-hybridized carbons (Fsp3) is 1.00. The monoisotopic (exact) mass is 253 g/mol. The number of rotatable bonds is 2. The zero-order valence-electron chi connectivity index (χ0n) is 12.5.